The summed E-state index contributed by atoms with van der Waals surface area (Å²) in [5.74, 6) is 0.636. The molecule has 2 aromatic carbocycles. The van der Waals surface area contributed by atoms with Crippen molar-refractivity contribution in [2.75, 3.05) is 37.3 Å². The molecule has 0 bridgehead atoms. The van der Waals surface area contributed by atoms with Gasteiger partial charge in [-0.2, -0.15) is 0 Å². The van der Waals surface area contributed by atoms with Crippen LogP contribution in [0.2, 0.25) is 0 Å². The fourth-order valence-electron chi connectivity index (χ4n) is 2.38. The van der Waals surface area contributed by atoms with Crippen LogP contribution in [-0.4, -0.2) is 52.8 Å². The van der Waals surface area contributed by atoms with E-state index in [1.807, 2.05) is 6.92 Å². The van der Waals surface area contributed by atoms with E-state index in [0.717, 1.165) is 12.0 Å². The summed E-state index contributed by atoms with van der Waals surface area (Å²) in [6.07, 6.45) is 1.05. The van der Waals surface area contributed by atoms with Crippen molar-refractivity contribution in [1.29, 1.82) is 0 Å². The van der Waals surface area contributed by atoms with Crippen LogP contribution in [0.3, 0.4) is 0 Å². The molecule has 2 aromatic rings. The van der Waals surface area contributed by atoms with Gasteiger partial charge in [-0.3, -0.25) is 14.3 Å². The molecule has 0 aliphatic rings. The molecular weight excluding hydrogens is 410 g/mol. The second kappa shape index (κ2) is 11.1. The maximum atomic E-state index is 12.1. The standard InChI is InChI=1S/C20H25N3O6S/c1-3-28-17-8-10-18(11-9-17)29-14-19(24)21-12-13-22-20(25)15-4-6-16(7-5-15)23-30(2,26)27/h4-11,23H,3,12-14H2,1-2H3,(H,21,24)(H,22,25). The molecule has 2 amide bonds. The monoisotopic (exact) mass is 435 g/mol. The van der Waals surface area contributed by atoms with Gasteiger partial charge in [0.15, 0.2) is 6.61 Å². The van der Waals surface area contributed by atoms with Gasteiger partial charge in [-0.25, -0.2) is 8.42 Å². The Balaban J connectivity index is 1.66. The Morgan fingerprint density at radius 1 is 0.867 bits per heavy atom. The van der Waals surface area contributed by atoms with Gasteiger partial charge in [0.05, 0.1) is 12.9 Å². The molecule has 0 aromatic heterocycles. The minimum atomic E-state index is -3.37. The summed E-state index contributed by atoms with van der Waals surface area (Å²) >= 11 is 0. The number of anilines is 1. The summed E-state index contributed by atoms with van der Waals surface area (Å²) in [5.41, 5.74) is 0.744. The zero-order valence-electron chi connectivity index (χ0n) is 16.8. The Bertz CT molecular complexity index is 944. The molecule has 0 saturated carbocycles. The van der Waals surface area contributed by atoms with Crippen molar-refractivity contribution < 1.29 is 27.5 Å². The van der Waals surface area contributed by atoms with Gasteiger partial charge in [0, 0.05) is 24.3 Å². The largest absolute Gasteiger partial charge is 0.494 e. The van der Waals surface area contributed by atoms with E-state index in [4.69, 9.17) is 9.47 Å². The number of carbonyl (C=O) groups excluding carboxylic acids is 2. The molecule has 0 heterocycles. The molecule has 3 N–H and O–H groups in total. The lowest BCUT2D eigenvalue weighted by molar-refractivity contribution is -0.123. The second-order valence-electron chi connectivity index (χ2n) is 6.25. The van der Waals surface area contributed by atoms with E-state index >= 15 is 0 Å². The third-order valence-electron chi connectivity index (χ3n) is 3.69. The maximum absolute atomic E-state index is 12.1. The quantitative estimate of drug-likeness (QED) is 0.458. The van der Waals surface area contributed by atoms with Crippen LogP contribution < -0.4 is 24.8 Å². The van der Waals surface area contributed by atoms with Crippen molar-refractivity contribution in [3.8, 4) is 11.5 Å². The predicted molar refractivity (Wildman–Crippen MR) is 113 cm³/mol. The van der Waals surface area contributed by atoms with Crippen molar-refractivity contribution >= 4 is 27.5 Å². The molecule has 0 radical (unpaired) electrons. The van der Waals surface area contributed by atoms with Gasteiger partial charge in [-0.1, -0.05) is 0 Å². The Kier molecular flexibility index (Phi) is 8.48. The van der Waals surface area contributed by atoms with Gasteiger partial charge in [0.25, 0.3) is 11.8 Å². The number of sulfonamides is 1. The third kappa shape index (κ3) is 8.39. The summed E-state index contributed by atoms with van der Waals surface area (Å²) in [4.78, 5) is 23.9. The van der Waals surface area contributed by atoms with Crippen molar-refractivity contribution in [3.63, 3.8) is 0 Å². The van der Waals surface area contributed by atoms with Crippen LogP contribution in [0.15, 0.2) is 48.5 Å². The molecular formula is C20H25N3O6S. The lowest BCUT2D eigenvalue weighted by Crippen LogP contribution is -2.36. The number of hydrogen-bond donors (Lipinski definition) is 3. The van der Waals surface area contributed by atoms with Crippen LogP contribution in [0.1, 0.15) is 17.3 Å². The van der Waals surface area contributed by atoms with Gasteiger partial charge in [-0.05, 0) is 55.5 Å². The lowest BCUT2D eigenvalue weighted by Gasteiger charge is -2.09. The molecule has 0 aliphatic carbocycles. The van der Waals surface area contributed by atoms with Gasteiger partial charge < -0.3 is 20.1 Å². The van der Waals surface area contributed by atoms with Crippen LogP contribution >= 0.6 is 0 Å². The SMILES string of the molecule is CCOc1ccc(OCC(=O)NCCNC(=O)c2ccc(NS(C)(=O)=O)cc2)cc1. The molecule has 0 aliphatic heterocycles. The Labute approximate surface area is 175 Å². The summed E-state index contributed by atoms with van der Waals surface area (Å²) in [6.45, 7) is 2.80. The zero-order chi connectivity index (χ0) is 22.0. The Morgan fingerprint density at radius 3 is 2.00 bits per heavy atom. The number of ether oxygens (including phenoxy) is 2. The van der Waals surface area contributed by atoms with Crippen molar-refractivity contribution in [1.82, 2.24) is 10.6 Å². The molecule has 9 nitrogen and oxygen atoms in total. The highest BCUT2D eigenvalue weighted by Gasteiger charge is 2.07. The van der Waals surface area contributed by atoms with Gasteiger partial charge in [-0.15, -0.1) is 0 Å². The minimum Gasteiger partial charge on any atom is -0.494 e. The normalized spacial score (nSPS) is 10.7. The summed E-state index contributed by atoms with van der Waals surface area (Å²) in [5, 5.41) is 5.31. The number of amides is 2. The molecule has 10 heteroatoms. The topological polar surface area (TPSA) is 123 Å². The second-order valence-corrected chi connectivity index (χ2v) is 8.00. The van der Waals surface area contributed by atoms with E-state index in [9.17, 15) is 18.0 Å². The van der Waals surface area contributed by atoms with E-state index in [0.29, 0.717) is 23.6 Å². The van der Waals surface area contributed by atoms with Gasteiger partial charge in [0.1, 0.15) is 11.5 Å². The molecule has 0 unspecified atom stereocenters. The van der Waals surface area contributed by atoms with Gasteiger partial charge >= 0.3 is 0 Å². The zero-order valence-corrected chi connectivity index (χ0v) is 17.6. The Morgan fingerprint density at radius 2 is 1.43 bits per heavy atom. The van der Waals surface area contributed by atoms with E-state index in [2.05, 4.69) is 15.4 Å². The van der Waals surface area contributed by atoms with Crippen LogP contribution in [0.25, 0.3) is 0 Å². The fraction of sp³-hybridized carbons (Fsp3) is 0.300. The lowest BCUT2D eigenvalue weighted by atomic mass is 10.2. The minimum absolute atomic E-state index is 0.142. The fourth-order valence-corrected chi connectivity index (χ4v) is 2.95. The van der Waals surface area contributed by atoms with E-state index in [1.165, 1.54) is 24.3 Å². The van der Waals surface area contributed by atoms with E-state index in [1.54, 1.807) is 24.3 Å². The van der Waals surface area contributed by atoms with Crippen LogP contribution in [0.5, 0.6) is 11.5 Å². The number of nitrogens with one attached hydrogen (secondary N) is 3. The summed E-state index contributed by atoms with van der Waals surface area (Å²) in [6, 6.07) is 13.0. The predicted octanol–water partition coefficient (Wildman–Crippen LogP) is 1.38. The first-order valence-corrected chi connectivity index (χ1v) is 11.1. The smallest absolute Gasteiger partial charge is 0.258 e. The summed E-state index contributed by atoms with van der Waals surface area (Å²) in [7, 11) is -3.37. The Hall–Kier alpha value is -3.27. The summed E-state index contributed by atoms with van der Waals surface area (Å²) < 4.78 is 35.4. The third-order valence-corrected chi connectivity index (χ3v) is 4.29. The molecule has 0 spiro atoms. The molecule has 0 fully saturated rings. The first kappa shape index (κ1) is 23.0. The highest BCUT2D eigenvalue weighted by Crippen LogP contribution is 2.17. The molecule has 0 saturated heterocycles. The van der Waals surface area contributed by atoms with E-state index in [-0.39, 0.29) is 31.5 Å². The first-order valence-electron chi connectivity index (χ1n) is 9.25. The maximum Gasteiger partial charge on any atom is 0.258 e. The van der Waals surface area contributed by atoms with Crippen LogP contribution in [-0.2, 0) is 14.8 Å². The number of carbonyl (C=O) groups is 2. The van der Waals surface area contributed by atoms with Crippen molar-refractivity contribution in [2.45, 2.75) is 6.92 Å². The van der Waals surface area contributed by atoms with E-state index < -0.39 is 10.0 Å². The molecule has 2 rings (SSSR count). The average Bonchev–Trinajstić information content (AvgIpc) is 2.70. The van der Waals surface area contributed by atoms with Crippen molar-refractivity contribution in [2.24, 2.45) is 0 Å². The number of benzene rings is 2. The number of hydrogen-bond acceptors (Lipinski definition) is 6. The highest BCUT2D eigenvalue weighted by atomic mass is 32.2. The van der Waals surface area contributed by atoms with Crippen LogP contribution in [0, 0.1) is 0 Å². The molecule has 0 atom stereocenters. The highest BCUT2D eigenvalue weighted by molar-refractivity contribution is 7.92. The number of rotatable bonds is 11. The molecule has 162 valence electrons. The molecule has 30 heavy (non-hydrogen) atoms. The van der Waals surface area contributed by atoms with Gasteiger partial charge in [0.2, 0.25) is 10.0 Å². The van der Waals surface area contributed by atoms with Crippen LogP contribution in [0.4, 0.5) is 5.69 Å². The first-order chi connectivity index (χ1) is 14.3. The van der Waals surface area contributed by atoms with Crippen molar-refractivity contribution in [3.05, 3.63) is 54.1 Å². The average molecular weight is 436 g/mol.